The first-order chi connectivity index (χ1) is 24.8. The molecule has 0 spiro atoms. The molecule has 0 bridgehead atoms. The molecule has 17 nitrogen and oxygen atoms in total. The minimum absolute atomic E-state index is 0.000649. The molecule has 0 aromatic rings. The fourth-order valence-corrected chi connectivity index (χ4v) is 5.02. The molecule has 52 heavy (non-hydrogen) atoms. The zero-order chi connectivity index (χ0) is 39.6. The van der Waals surface area contributed by atoms with Crippen molar-refractivity contribution in [3.05, 3.63) is 0 Å². The summed E-state index contributed by atoms with van der Waals surface area (Å²) in [5.41, 5.74) is 0. The number of rotatable bonds is 28. The summed E-state index contributed by atoms with van der Waals surface area (Å²) in [5, 5.41) is 0. The van der Waals surface area contributed by atoms with Crippen LogP contribution in [0, 0.1) is 23.7 Å². The number of esters is 7. The van der Waals surface area contributed by atoms with Crippen molar-refractivity contribution in [3.63, 3.8) is 0 Å². The second-order valence-corrected chi connectivity index (χ2v) is 11.3. The molecule has 0 heterocycles. The van der Waals surface area contributed by atoms with Crippen molar-refractivity contribution in [2.24, 2.45) is 23.7 Å². The fraction of sp³-hybridized carbons (Fsp3) is 0.771. The molecule has 0 aromatic heterocycles. The normalized spacial score (nSPS) is 11.7. The lowest BCUT2D eigenvalue weighted by Crippen LogP contribution is -2.46. The van der Waals surface area contributed by atoms with E-state index in [1.807, 2.05) is 0 Å². The van der Waals surface area contributed by atoms with Crippen LogP contribution in [0.25, 0.3) is 0 Å². The summed E-state index contributed by atoms with van der Waals surface area (Å²) in [5.74, 6) is -11.7. The molecule has 0 aliphatic rings. The van der Waals surface area contributed by atoms with E-state index in [0.29, 0.717) is 12.8 Å². The molecule has 0 saturated heterocycles. The molecule has 0 amide bonds. The quantitative estimate of drug-likeness (QED) is 0.0479. The summed E-state index contributed by atoms with van der Waals surface area (Å²) in [6, 6.07) is 0. The van der Waals surface area contributed by atoms with Crippen molar-refractivity contribution >= 4 is 47.6 Å². The maximum absolute atomic E-state index is 12.9. The minimum Gasteiger partial charge on any atom is -0.465 e. The maximum atomic E-state index is 12.9. The molecule has 0 saturated carbocycles. The van der Waals surface area contributed by atoms with Crippen molar-refractivity contribution < 1.29 is 71.5 Å². The first-order valence-corrected chi connectivity index (χ1v) is 17.9. The van der Waals surface area contributed by atoms with E-state index in [1.54, 1.807) is 58.3 Å². The third-order valence-electron chi connectivity index (χ3n) is 7.45. The van der Waals surface area contributed by atoms with Gasteiger partial charge in [0, 0.05) is 26.2 Å². The van der Waals surface area contributed by atoms with E-state index in [0.717, 1.165) is 0 Å². The molecular formula is C35H58N2O15. The molecule has 0 aliphatic heterocycles. The highest BCUT2D eigenvalue weighted by molar-refractivity contribution is 5.98. The van der Waals surface area contributed by atoms with E-state index in [4.69, 9.17) is 33.2 Å². The average molecular weight is 747 g/mol. The molecule has 0 fully saturated rings. The van der Waals surface area contributed by atoms with Gasteiger partial charge in [0.2, 0.25) is 0 Å². The standard InChI is InChI=1S/C35H58N2O15/c1-9-46-29(39)25(24(8)38)20-36(21-26(30(40)47-10-2)31(41)48-11-3)18-16-17-19-37(22-27(32(42)49-12-4)33(43)50-13-5)23-28(34(44)51-14-6)35(45)52-15-7/h25-28H,9-23H2,1-8H3. The SMILES string of the molecule is CCOC(=O)C(CN(CCCCN(CC(C(=O)OCC)C(=O)OCC)CC(C(=O)OCC)C(=O)OCC)CC(C(=O)OCC)C(=O)OCC)C(C)=O. The number of carbonyl (C=O) groups is 8. The third-order valence-corrected chi connectivity index (χ3v) is 7.45. The Hall–Kier alpha value is -4.12. The fourth-order valence-electron chi connectivity index (χ4n) is 5.02. The lowest BCUT2D eigenvalue weighted by atomic mass is 10.0. The Kier molecular flexibility index (Phi) is 25.3. The summed E-state index contributed by atoms with van der Waals surface area (Å²) in [6.45, 7) is 11.6. The highest BCUT2D eigenvalue weighted by Crippen LogP contribution is 2.16. The van der Waals surface area contributed by atoms with Gasteiger partial charge >= 0.3 is 41.8 Å². The van der Waals surface area contributed by atoms with Crippen molar-refractivity contribution in [1.82, 2.24) is 9.80 Å². The number of carbonyl (C=O) groups excluding carboxylic acids is 8. The van der Waals surface area contributed by atoms with Gasteiger partial charge in [-0.15, -0.1) is 0 Å². The number of ketones is 1. The zero-order valence-electron chi connectivity index (χ0n) is 31.9. The molecular weight excluding hydrogens is 688 g/mol. The van der Waals surface area contributed by atoms with Gasteiger partial charge < -0.3 is 43.0 Å². The van der Waals surface area contributed by atoms with Crippen LogP contribution in [0.15, 0.2) is 0 Å². The molecule has 0 N–H and O–H groups in total. The first-order valence-electron chi connectivity index (χ1n) is 17.9. The molecule has 0 rings (SSSR count). The largest absolute Gasteiger partial charge is 0.465 e. The summed E-state index contributed by atoms with van der Waals surface area (Å²) in [7, 11) is 0. The van der Waals surface area contributed by atoms with E-state index in [2.05, 4.69) is 0 Å². The van der Waals surface area contributed by atoms with Crippen LogP contribution >= 0.6 is 0 Å². The van der Waals surface area contributed by atoms with Gasteiger partial charge in [-0.1, -0.05) is 0 Å². The van der Waals surface area contributed by atoms with Crippen LogP contribution in [0.2, 0.25) is 0 Å². The second-order valence-electron chi connectivity index (χ2n) is 11.3. The van der Waals surface area contributed by atoms with Gasteiger partial charge in [-0.25, -0.2) is 0 Å². The number of nitrogens with zero attached hydrogens (tertiary/aromatic N) is 2. The van der Waals surface area contributed by atoms with Crippen molar-refractivity contribution in [2.45, 2.75) is 68.2 Å². The molecule has 0 aromatic carbocycles. The van der Waals surface area contributed by atoms with E-state index < -0.39 is 71.2 Å². The van der Waals surface area contributed by atoms with Crippen LogP contribution in [-0.4, -0.2) is 143 Å². The van der Waals surface area contributed by atoms with E-state index in [1.165, 1.54) is 6.92 Å². The molecule has 1 unspecified atom stereocenters. The Morgan fingerprint density at radius 3 is 0.750 bits per heavy atom. The molecule has 298 valence electrons. The van der Waals surface area contributed by atoms with Crippen molar-refractivity contribution in [2.75, 3.05) is 85.5 Å². The van der Waals surface area contributed by atoms with Gasteiger partial charge in [0.1, 0.15) is 11.7 Å². The summed E-state index contributed by atoms with van der Waals surface area (Å²) in [4.78, 5) is 105. The summed E-state index contributed by atoms with van der Waals surface area (Å²) in [6.07, 6.45) is 0.621. The van der Waals surface area contributed by atoms with Crippen LogP contribution in [0.1, 0.15) is 68.2 Å². The predicted molar refractivity (Wildman–Crippen MR) is 183 cm³/mol. The van der Waals surface area contributed by atoms with Gasteiger partial charge in [-0.2, -0.15) is 0 Å². The lowest BCUT2D eigenvalue weighted by Gasteiger charge is -2.30. The number of unbranched alkanes of at least 4 members (excludes halogenated alkanes) is 1. The average Bonchev–Trinajstić information content (AvgIpc) is 3.08. The number of hydrogen-bond acceptors (Lipinski definition) is 17. The topological polar surface area (TPSA) is 208 Å². The van der Waals surface area contributed by atoms with Crippen molar-refractivity contribution in [1.29, 1.82) is 0 Å². The van der Waals surface area contributed by atoms with Crippen LogP contribution < -0.4 is 0 Å². The van der Waals surface area contributed by atoms with Crippen LogP contribution in [0.4, 0.5) is 0 Å². The molecule has 1 atom stereocenters. The highest BCUT2D eigenvalue weighted by atomic mass is 16.6. The monoisotopic (exact) mass is 746 g/mol. The molecule has 17 heteroatoms. The van der Waals surface area contributed by atoms with Crippen molar-refractivity contribution in [3.8, 4) is 0 Å². The van der Waals surface area contributed by atoms with E-state index in [9.17, 15) is 38.4 Å². The van der Waals surface area contributed by atoms with Gasteiger partial charge in [0.25, 0.3) is 0 Å². The lowest BCUT2D eigenvalue weighted by molar-refractivity contribution is -0.166. The molecule has 0 aliphatic carbocycles. The Balaban J connectivity index is 6.52. The Labute approximate surface area is 306 Å². The first kappa shape index (κ1) is 47.9. The number of Topliss-reactive ketones (excluding diaryl/α,β-unsaturated/α-hetero) is 1. The summed E-state index contributed by atoms with van der Waals surface area (Å²) >= 11 is 0. The van der Waals surface area contributed by atoms with Gasteiger partial charge in [0.15, 0.2) is 17.8 Å². The minimum atomic E-state index is -1.41. The Bertz CT molecular complexity index is 1070. The Morgan fingerprint density at radius 1 is 0.365 bits per heavy atom. The second kappa shape index (κ2) is 27.5. The van der Waals surface area contributed by atoms with Crippen LogP contribution in [0.3, 0.4) is 0 Å². The zero-order valence-corrected chi connectivity index (χ0v) is 31.9. The van der Waals surface area contributed by atoms with E-state index >= 15 is 0 Å². The third kappa shape index (κ3) is 17.9. The van der Waals surface area contributed by atoms with Gasteiger partial charge in [0.05, 0.1) is 46.2 Å². The van der Waals surface area contributed by atoms with Gasteiger partial charge in [-0.3, -0.25) is 38.4 Å². The van der Waals surface area contributed by atoms with Crippen LogP contribution in [-0.2, 0) is 71.5 Å². The maximum Gasteiger partial charge on any atom is 0.321 e. The summed E-state index contributed by atoms with van der Waals surface area (Å²) < 4.78 is 35.8. The Morgan fingerprint density at radius 2 is 0.558 bits per heavy atom. The van der Waals surface area contributed by atoms with Gasteiger partial charge in [-0.05, 0) is 81.3 Å². The highest BCUT2D eigenvalue weighted by Gasteiger charge is 2.37. The number of hydrogen-bond donors (Lipinski definition) is 0. The smallest absolute Gasteiger partial charge is 0.321 e. The predicted octanol–water partition coefficient (Wildman–Crippen LogP) is 1.37. The molecule has 0 radical (unpaired) electrons. The van der Waals surface area contributed by atoms with Crippen LogP contribution in [0.5, 0.6) is 0 Å². The number of ether oxygens (including phenoxy) is 7. The van der Waals surface area contributed by atoms with E-state index in [-0.39, 0.29) is 85.5 Å².